The predicted molar refractivity (Wildman–Crippen MR) is 519 cm³/mol. The average Bonchev–Trinajstić information content (AvgIpc) is 1.56. The SMILES string of the molecule is [2H]c1c[n+](C)c(-c2c(C)ccc3c2oc2c(-c4ccccc4)c([N+]#[C-])ccc23)cc1C.[2H]c1c[n+](C)c(-c2c(C)ccc3c2oc2c(-c4ccccc4)c([N+]#[C-])ccc23)cc1C([2H])(C)C.[2H]c1c[n+](C)c(-c2c(C)ccc3c2oc2c(-c4ccccc4)c([N+]#[C-])ccc23)cc1C([2H])(C)C([2H])([2H])[2H].[2H]c1c[n+](C)c(-c2c(C)ccc3c2oc2c(-c4ccccc4)c([N+]#[C-])ccc23)cc1C([2H])([2H])C(C)C. The Labute approximate surface area is 757 Å². The van der Waals surface area contributed by atoms with Crippen LogP contribution in [-0.2, 0) is 34.6 Å². The standard InChI is InChI=1S/C30H27N2O.2C29H25N2O.C27H21N2O/c1-19(2)17-21-15-16-32(5)26(18-21)27-20(3)11-12-23-24-13-14-25(31-4)28(30(24)33-29(23)27)22-9-7-6-8-10-22;2*1-18(2)21-15-16-31(5)25(17-21)26-19(3)11-12-22-23-13-14-24(30-4)27(29(23)32-28(22)26)20-9-7-6-8-10-20;1-17-14-15-29(4)23(16-17)24-18(2)10-11-20-21-12-13-22(28-3)25(27(21)30-26(20)24)19-8-6-5-7-9-19/h6-16,18-19H,17H2,1-3,5H3;2*6-18H,1-3,5H3;5-16H,1-2,4H3/q4*+1/i15D,17D2;1D3,15D,18D;15D,18D;14D. The van der Waals surface area contributed by atoms with Crippen molar-refractivity contribution in [3.63, 3.8) is 0 Å². The lowest BCUT2D eigenvalue weighted by molar-refractivity contribution is -0.660. The van der Waals surface area contributed by atoms with Crippen molar-refractivity contribution in [2.75, 3.05) is 0 Å². The molecule has 0 aliphatic carbocycles. The summed E-state index contributed by atoms with van der Waals surface area (Å²) in [7, 11) is 7.54. The van der Waals surface area contributed by atoms with Gasteiger partial charge in [0.1, 0.15) is 72.9 Å². The van der Waals surface area contributed by atoms with Crippen LogP contribution >= 0.6 is 0 Å². The molecule has 618 valence electrons. The summed E-state index contributed by atoms with van der Waals surface area (Å²) in [4.78, 5) is 15.0. The molecule has 0 amide bonds. The Morgan fingerprint density at radius 1 is 0.315 bits per heavy atom. The maximum atomic E-state index is 8.65. The summed E-state index contributed by atoms with van der Waals surface area (Å²) in [5.74, 6) is -3.15. The Hall–Kier alpha value is -15.6. The number of benzene rings is 12. The van der Waals surface area contributed by atoms with Crippen molar-refractivity contribution in [2.45, 2.75) is 94.3 Å². The molecule has 0 aliphatic rings. The van der Waals surface area contributed by atoms with Gasteiger partial charge >= 0.3 is 0 Å². The van der Waals surface area contributed by atoms with Crippen molar-refractivity contribution in [3.05, 3.63) is 382 Å². The summed E-state index contributed by atoms with van der Waals surface area (Å²) in [5.41, 5.74) is 27.5. The van der Waals surface area contributed by atoms with E-state index >= 15 is 0 Å². The number of pyridine rings is 4. The highest BCUT2D eigenvalue weighted by molar-refractivity contribution is 6.19. The Bertz CT molecular complexity index is 8540. The van der Waals surface area contributed by atoms with Gasteiger partial charge in [-0.3, -0.25) is 0 Å². The summed E-state index contributed by atoms with van der Waals surface area (Å²) < 4.78 is 125. The maximum Gasteiger partial charge on any atom is 0.216 e. The number of nitrogens with zero attached hydrogens (tertiary/aromatic N) is 8. The summed E-state index contributed by atoms with van der Waals surface area (Å²) in [6.07, 6.45) is 5.14. The van der Waals surface area contributed by atoms with Gasteiger partial charge in [-0.15, -0.1) is 0 Å². The Balaban J connectivity index is 0.000000128. The quantitative estimate of drug-likeness (QED) is 0.0901. The zero-order valence-corrected chi connectivity index (χ0v) is 73.2. The predicted octanol–water partition coefficient (Wildman–Crippen LogP) is 30.2. The molecule has 0 radical (unpaired) electrons. The molecule has 1 unspecified atom stereocenters. The van der Waals surface area contributed by atoms with Gasteiger partial charge in [-0.2, -0.15) is 0 Å². The van der Waals surface area contributed by atoms with Crippen LogP contribution in [0, 0.1) is 66.8 Å². The van der Waals surface area contributed by atoms with Crippen LogP contribution in [0.5, 0.6) is 0 Å². The third-order valence-corrected chi connectivity index (χ3v) is 23.6. The number of rotatable bonds is 12. The van der Waals surface area contributed by atoms with Gasteiger partial charge in [0.05, 0.1) is 54.0 Å². The van der Waals surface area contributed by atoms with Gasteiger partial charge in [0.2, 0.25) is 22.8 Å². The van der Waals surface area contributed by atoms with E-state index in [0.29, 0.717) is 79.6 Å². The highest BCUT2D eigenvalue weighted by Crippen LogP contribution is 2.50. The van der Waals surface area contributed by atoms with Crippen molar-refractivity contribution in [1.82, 2.24) is 0 Å². The second-order valence-corrected chi connectivity index (χ2v) is 32.7. The molecule has 0 spiro atoms. The van der Waals surface area contributed by atoms with E-state index in [0.717, 1.165) is 171 Å². The van der Waals surface area contributed by atoms with Gasteiger partial charge in [-0.05, 0) is 125 Å². The molecule has 127 heavy (non-hydrogen) atoms. The van der Waals surface area contributed by atoms with E-state index in [1.807, 2.05) is 283 Å². The first-order valence-electron chi connectivity index (χ1n) is 47.5. The minimum absolute atomic E-state index is 0.0117. The second kappa shape index (κ2) is 35.0. The number of aromatic nitrogens is 4. The molecule has 1 atom stereocenters. The van der Waals surface area contributed by atoms with Crippen LogP contribution in [0.2, 0.25) is 0 Å². The third-order valence-electron chi connectivity index (χ3n) is 23.6. The average molecular weight is 1670 g/mol. The summed E-state index contributed by atoms with van der Waals surface area (Å²) in [6, 6.07) is 79.3. The highest BCUT2D eigenvalue weighted by Gasteiger charge is 2.30. The molecule has 0 saturated carbocycles. The van der Waals surface area contributed by atoms with Crippen LogP contribution in [0.4, 0.5) is 22.7 Å². The second-order valence-electron chi connectivity index (χ2n) is 32.7. The van der Waals surface area contributed by atoms with Gasteiger partial charge < -0.3 is 17.7 Å². The lowest BCUT2D eigenvalue weighted by atomic mass is 9.96. The number of hydrogen-bond acceptors (Lipinski definition) is 4. The zero-order chi connectivity index (χ0) is 98.4. The van der Waals surface area contributed by atoms with E-state index < -0.39 is 25.0 Å². The van der Waals surface area contributed by atoms with Crippen LogP contribution in [0.1, 0.15) is 113 Å². The highest BCUT2D eigenvalue weighted by atomic mass is 16.3. The van der Waals surface area contributed by atoms with E-state index in [2.05, 4.69) is 50.6 Å². The molecule has 0 fully saturated rings. The van der Waals surface area contributed by atoms with Crippen LogP contribution in [0.25, 0.3) is 197 Å². The van der Waals surface area contributed by atoms with Gasteiger partial charge in [0.25, 0.3) is 0 Å². The molecule has 12 aromatic carbocycles. The van der Waals surface area contributed by atoms with Crippen molar-refractivity contribution >= 4 is 111 Å². The van der Waals surface area contributed by atoms with Gasteiger partial charge in [0, 0.05) is 123 Å². The van der Waals surface area contributed by atoms with E-state index in [4.69, 9.17) is 59.0 Å². The molecule has 0 aliphatic heterocycles. The topological polar surface area (TPSA) is 85.5 Å². The molecule has 0 bridgehead atoms. The molecule has 0 saturated heterocycles. The van der Waals surface area contributed by atoms with Gasteiger partial charge in [0.15, 0.2) is 47.5 Å². The van der Waals surface area contributed by atoms with Crippen molar-refractivity contribution in [2.24, 2.45) is 34.1 Å². The van der Waals surface area contributed by atoms with Crippen molar-refractivity contribution in [3.8, 4) is 89.5 Å². The monoisotopic (exact) mass is 1670 g/mol. The largest absolute Gasteiger partial charge is 0.456 e. The number of hydrogen-bond donors (Lipinski definition) is 0. The van der Waals surface area contributed by atoms with Crippen LogP contribution in [0.15, 0.2) is 309 Å². The molecule has 12 heteroatoms. The van der Waals surface area contributed by atoms with Gasteiger partial charge in [-0.1, -0.05) is 260 Å². The number of aryl methyl sites for hydroxylation is 9. The Morgan fingerprint density at radius 3 is 0.843 bits per heavy atom. The summed E-state index contributed by atoms with van der Waals surface area (Å²) in [6.45, 7) is 46.9. The lowest BCUT2D eigenvalue weighted by Gasteiger charge is -2.09. The zero-order valence-electron chi connectivity index (χ0n) is 84.2. The molecule has 20 aromatic rings. The molecule has 20 rings (SSSR count). The fourth-order valence-electron chi connectivity index (χ4n) is 17.2. The first-order valence-corrected chi connectivity index (χ1v) is 42.0. The number of fused-ring (bicyclic) bond motifs is 12. The molecule has 8 aromatic heterocycles. The van der Waals surface area contributed by atoms with Gasteiger partial charge in [-0.25, -0.2) is 37.6 Å². The smallest absolute Gasteiger partial charge is 0.216 e. The normalized spacial score (nSPS) is 13.3. The van der Waals surface area contributed by atoms with E-state index in [1.54, 1.807) is 56.1 Å². The lowest BCUT2D eigenvalue weighted by Crippen LogP contribution is -2.31. The van der Waals surface area contributed by atoms with Crippen molar-refractivity contribution < 1.29 is 51.0 Å². The molecular formula is C115H98N8O4+4. The fraction of sp³-hybridized carbons (Fsp3) is 0.165. The van der Waals surface area contributed by atoms with E-state index in [9.17, 15) is 0 Å². The van der Waals surface area contributed by atoms with Crippen LogP contribution in [-0.4, -0.2) is 0 Å². The van der Waals surface area contributed by atoms with Crippen LogP contribution < -0.4 is 18.3 Å². The third kappa shape index (κ3) is 15.6. The molecule has 0 N–H and O–H groups in total. The minimum atomic E-state index is -2.61. The molecule has 12 nitrogen and oxygen atoms in total. The molecule has 8 heterocycles. The fourth-order valence-corrected chi connectivity index (χ4v) is 17.2. The molecular weight excluding hydrogens is 1560 g/mol. The Morgan fingerprint density at radius 2 is 0.567 bits per heavy atom. The van der Waals surface area contributed by atoms with Crippen molar-refractivity contribution in [1.29, 1.82) is 0 Å². The maximum absolute atomic E-state index is 8.65. The number of furan rings is 4. The van der Waals surface area contributed by atoms with E-state index in [-0.39, 0.29) is 23.6 Å². The van der Waals surface area contributed by atoms with E-state index in [1.165, 1.54) is 13.1 Å². The minimum Gasteiger partial charge on any atom is -0.456 e. The first-order chi connectivity index (χ1) is 65.8. The summed E-state index contributed by atoms with van der Waals surface area (Å²) >= 11 is 0. The first kappa shape index (κ1) is 70.9. The Kier molecular flexibility index (Phi) is 19.5. The van der Waals surface area contributed by atoms with Crippen LogP contribution in [0.3, 0.4) is 0 Å². The summed E-state index contributed by atoms with van der Waals surface area (Å²) in [5, 5.41) is 7.56.